The Hall–Kier alpha value is -2.37. The van der Waals surface area contributed by atoms with E-state index in [0.717, 1.165) is 34.7 Å². The molecule has 3 aromatic heterocycles. The zero-order chi connectivity index (χ0) is 21.8. The maximum atomic E-state index is 9.33. The largest absolute Gasteiger partial charge is 0.360 e. The van der Waals surface area contributed by atoms with Gasteiger partial charge in [-0.2, -0.15) is 10.4 Å². The van der Waals surface area contributed by atoms with Crippen molar-refractivity contribution in [1.82, 2.24) is 24.3 Å². The van der Waals surface area contributed by atoms with Gasteiger partial charge in [-0.25, -0.2) is 20.0 Å². The summed E-state index contributed by atoms with van der Waals surface area (Å²) in [4.78, 5) is 9.05. The van der Waals surface area contributed by atoms with Gasteiger partial charge in [0.25, 0.3) is 0 Å². The zero-order valence-electron chi connectivity index (χ0n) is 18.7. The molecule has 1 aliphatic rings. The lowest BCUT2D eigenvalue weighted by Gasteiger charge is -2.24. The minimum atomic E-state index is -0.555. The van der Waals surface area contributed by atoms with Gasteiger partial charge in [-0.3, -0.25) is 4.68 Å². The summed E-state index contributed by atoms with van der Waals surface area (Å²) >= 11 is 0. The molecule has 0 aliphatic heterocycles. The molecule has 0 amide bonds. The fourth-order valence-corrected chi connectivity index (χ4v) is 4.98. The van der Waals surface area contributed by atoms with Crippen LogP contribution in [0.25, 0.3) is 22.3 Å². The zero-order valence-corrected chi connectivity index (χ0v) is 19.5. The summed E-state index contributed by atoms with van der Waals surface area (Å²) in [5.41, 5.74) is 2.70. The van der Waals surface area contributed by atoms with Crippen molar-refractivity contribution in [3.05, 3.63) is 31.0 Å². The van der Waals surface area contributed by atoms with Crippen LogP contribution in [0.3, 0.4) is 0 Å². The number of ether oxygens (including phenoxy) is 1. The Bertz CT molecular complexity index is 1050. The fourth-order valence-electron chi connectivity index (χ4n) is 4.36. The van der Waals surface area contributed by atoms with Gasteiger partial charge in [0, 0.05) is 29.1 Å². The van der Waals surface area contributed by atoms with Crippen molar-refractivity contribution in [3.63, 3.8) is 0 Å². The summed E-state index contributed by atoms with van der Waals surface area (Å²) in [5, 5.41) is 15.0. The third-order valence-electron chi connectivity index (χ3n) is 6.09. The summed E-state index contributed by atoms with van der Waals surface area (Å²) in [6, 6.07) is 4.54. The normalized spacial score (nSPS) is 16.6. The van der Waals surface area contributed by atoms with Gasteiger partial charge in [0.05, 0.1) is 37.0 Å². The van der Waals surface area contributed by atoms with Crippen LogP contribution < -0.4 is 0 Å². The van der Waals surface area contributed by atoms with Crippen molar-refractivity contribution in [2.75, 3.05) is 31.1 Å². The van der Waals surface area contributed by atoms with Gasteiger partial charge in [0.15, 0.2) is 0 Å². The number of nitriles is 1. The monoisotopic (exact) mass is 440 g/mol. The van der Waals surface area contributed by atoms with Crippen molar-refractivity contribution >= 4 is 21.1 Å². The molecule has 3 heterocycles. The van der Waals surface area contributed by atoms with E-state index in [1.165, 1.54) is 25.7 Å². The second kappa shape index (κ2) is 9.41. The number of fused-ring (bicyclic) bond motifs is 1. The fraction of sp³-hybridized carbons (Fsp3) is 0.565. The molecule has 0 radical (unpaired) electrons. The topological polar surface area (TPSA) is 81.5 Å². The highest BCUT2D eigenvalue weighted by Crippen LogP contribution is 2.37. The summed E-state index contributed by atoms with van der Waals surface area (Å²) in [6.45, 7) is 1.24. The molecule has 0 N–H and O–H groups in total. The molecular formula is C23H32N6OS. The van der Waals surface area contributed by atoms with Crippen molar-refractivity contribution in [2.45, 2.75) is 44.9 Å². The van der Waals surface area contributed by atoms with Crippen LogP contribution in [0.1, 0.15) is 38.1 Å². The maximum absolute atomic E-state index is 9.33. The van der Waals surface area contributed by atoms with Crippen LogP contribution in [0.15, 0.2) is 31.0 Å². The summed E-state index contributed by atoms with van der Waals surface area (Å²) in [5.74, 6) is 1.63. The molecule has 3 aromatic rings. The molecule has 1 aliphatic carbocycles. The van der Waals surface area contributed by atoms with E-state index in [0.29, 0.717) is 19.1 Å². The molecule has 7 nitrogen and oxygen atoms in total. The van der Waals surface area contributed by atoms with E-state index >= 15 is 0 Å². The second-order valence-electron chi connectivity index (χ2n) is 9.26. The first kappa shape index (κ1) is 21.8. The van der Waals surface area contributed by atoms with E-state index in [9.17, 15) is 5.26 Å². The third-order valence-corrected chi connectivity index (χ3v) is 7.48. The van der Waals surface area contributed by atoms with Crippen LogP contribution in [0.4, 0.5) is 0 Å². The lowest BCUT2D eigenvalue weighted by molar-refractivity contribution is 0.0923. The summed E-state index contributed by atoms with van der Waals surface area (Å²) in [7, 11) is -0.555. The highest BCUT2D eigenvalue weighted by Gasteiger charge is 2.27. The molecule has 166 valence electrons. The molecular weight excluding hydrogens is 408 g/mol. The van der Waals surface area contributed by atoms with E-state index < -0.39 is 10.0 Å². The lowest BCUT2D eigenvalue weighted by Crippen LogP contribution is -2.17. The third kappa shape index (κ3) is 5.10. The first-order valence-electron chi connectivity index (χ1n) is 10.9. The van der Waals surface area contributed by atoms with Crippen LogP contribution >= 0.6 is 10.0 Å². The number of hydrogen-bond acceptors (Lipinski definition) is 5. The van der Waals surface area contributed by atoms with E-state index in [-0.39, 0.29) is 6.04 Å². The molecule has 0 aromatic carbocycles. The van der Waals surface area contributed by atoms with Crippen LogP contribution in [0.5, 0.6) is 0 Å². The molecule has 1 atom stereocenters. The second-order valence-corrected chi connectivity index (χ2v) is 13.9. The Morgan fingerprint density at radius 2 is 2.06 bits per heavy atom. The molecule has 1 unspecified atom stereocenters. The molecule has 0 saturated heterocycles. The SMILES string of the molecule is CS(C)(C)CCOCn1ccc2c(-c3cnn(C(CC#N)C4CCCC4)c3)ncnc21. The molecule has 4 rings (SSSR count). The van der Waals surface area contributed by atoms with Crippen LogP contribution in [0.2, 0.25) is 0 Å². The quantitative estimate of drug-likeness (QED) is 0.454. The van der Waals surface area contributed by atoms with E-state index in [2.05, 4.69) is 39.9 Å². The van der Waals surface area contributed by atoms with Crippen molar-refractivity contribution in [2.24, 2.45) is 5.92 Å². The van der Waals surface area contributed by atoms with Crippen molar-refractivity contribution < 1.29 is 4.74 Å². The highest BCUT2D eigenvalue weighted by atomic mass is 32.3. The molecule has 1 saturated carbocycles. The number of hydrogen-bond donors (Lipinski definition) is 0. The van der Waals surface area contributed by atoms with Gasteiger partial charge in [-0.1, -0.05) is 12.8 Å². The smallest absolute Gasteiger partial charge is 0.145 e. The maximum Gasteiger partial charge on any atom is 0.145 e. The Morgan fingerprint density at radius 3 is 2.81 bits per heavy atom. The van der Waals surface area contributed by atoms with E-state index in [1.807, 2.05) is 33.9 Å². The summed E-state index contributed by atoms with van der Waals surface area (Å²) < 4.78 is 9.91. The first-order chi connectivity index (χ1) is 15.0. The molecule has 0 spiro atoms. The molecule has 8 heteroatoms. The minimum Gasteiger partial charge on any atom is -0.360 e. The van der Waals surface area contributed by atoms with Gasteiger partial charge in [0.1, 0.15) is 18.7 Å². The minimum absolute atomic E-state index is 0.140. The number of rotatable bonds is 9. The Balaban J connectivity index is 1.54. The highest BCUT2D eigenvalue weighted by molar-refractivity contribution is 8.32. The summed E-state index contributed by atoms with van der Waals surface area (Å²) in [6.07, 6.45) is 19.8. The predicted octanol–water partition coefficient (Wildman–Crippen LogP) is 4.61. The molecule has 31 heavy (non-hydrogen) atoms. The van der Waals surface area contributed by atoms with Gasteiger partial charge in [-0.05, 0) is 43.6 Å². The predicted molar refractivity (Wildman–Crippen MR) is 126 cm³/mol. The van der Waals surface area contributed by atoms with Gasteiger partial charge in [0.2, 0.25) is 0 Å². The van der Waals surface area contributed by atoms with Crippen LogP contribution in [-0.4, -0.2) is 55.4 Å². The van der Waals surface area contributed by atoms with Crippen LogP contribution in [0, 0.1) is 17.2 Å². The van der Waals surface area contributed by atoms with Crippen molar-refractivity contribution in [1.29, 1.82) is 5.26 Å². The number of nitrogens with zero attached hydrogens (tertiary/aromatic N) is 6. The Kier molecular flexibility index (Phi) is 6.63. The van der Waals surface area contributed by atoms with Crippen molar-refractivity contribution in [3.8, 4) is 17.3 Å². The Morgan fingerprint density at radius 1 is 1.26 bits per heavy atom. The van der Waals surface area contributed by atoms with Gasteiger partial charge < -0.3 is 9.30 Å². The first-order valence-corrected chi connectivity index (χ1v) is 13.9. The lowest BCUT2D eigenvalue weighted by atomic mass is 9.96. The Labute approximate surface area is 185 Å². The molecule has 1 fully saturated rings. The van der Waals surface area contributed by atoms with Gasteiger partial charge >= 0.3 is 0 Å². The van der Waals surface area contributed by atoms with Crippen LogP contribution in [-0.2, 0) is 11.5 Å². The van der Waals surface area contributed by atoms with E-state index in [1.54, 1.807) is 6.33 Å². The average molecular weight is 441 g/mol. The molecule has 0 bridgehead atoms. The average Bonchev–Trinajstić information content (AvgIpc) is 3.50. The number of aromatic nitrogens is 5. The standard InChI is InChI=1S/C23H32N6OS/c1-31(2,3)13-12-30-17-28-11-9-20-22(25-16-26-23(20)28)19-14-27-29(15-19)21(8-10-24)18-6-4-5-7-18/h9,11,14-16,18,21H,4-8,12-13,17H2,1-3H3. The van der Waals surface area contributed by atoms with E-state index in [4.69, 9.17) is 4.74 Å². The van der Waals surface area contributed by atoms with Gasteiger partial charge in [-0.15, -0.1) is 0 Å².